The summed E-state index contributed by atoms with van der Waals surface area (Å²) < 4.78 is 0. The molecule has 0 amide bonds. The van der Waals surface area contributed by atoms with Crippen molar-refractivity contribution in [3.63, 3.8) is 0 Å². The van der Waals surface area contributed by atoms with Crippen LogP contribution in [0.1, 0.15) is 43.0 Å². The molecule has 0 aliphatic heterocycles. The summed E-state index contributed by atoms with van der Waals surface area (Å²) in [4.78, 5) is 23.1. The molecule has 0 heterocycles. The van der Waals surface area contributed by atoms with Crippen LogP contribution >= 0.6 is 11.6 Å². The Morgan fingerprint density at radius 2 is 2.06 bits per heavy atom. The van der Waals surface area contributed by atoms with Gasteiger partial charge in [-0.15, -0.1) is 0 Å². The molecule has 0 fully saturated rings. The number of carbonyl (C=O) groups is 2. The van der Waals surface area contributed by atoms with Crippen LogP contribution in [0.15, 0.2) is 24.3 Å². The highest BCUT2D eigenvalue weighted by atomic mass is 35.5. The number of hydrogen-bond acceptors (Lipinski definition) is 2. The van der Waals surface area contributed by atoms with Gasteiger partial charge in [-0.1, -0.05) is 37.1 Å². The van der Waals surface area contributed by atoms with Gasteiger partial charge in [-0.2, -0.15) is 0 Å². The van der Waals surface area contributed by atoms with E-state index in [-0.39, 0.29) is 18.0 Å². The lowest BCUT2D eigenvalue weighted by atomic mass is 10.0. The van der Waals surface area contributed by atoms with Crippen LogP contribution in [0.25, 0.3) is 0 Å². The van der Waals surface area contributed by atoms with Gasteiger partial charge >= 0.3 is 0 Å². The number of Topliss-reactive ketones (excluding diaryl/α,β-unsaturated/α-hetero) is 2. The number of ketones is 2. The fourth-order valence-electron chi connectivity index (χ4n) is 1.41. The van der Waals surface area contributed by atoms with E-state index in [0.29, 0.717) is 17.0 Å². The van der Waals surface area contributed by atoms with Crippen LogP contribution in [0.2, 0.25) is 5.02 Å². The molecule has 1 aromatic carbocycles. The number of rotatable bonds is 6. The summed E-state index contributed by atoms with van der Waals surface area (Å²) in [6.45, 7) is 2.02. The summed E-state index contributed by atoms with van der Waals surface area (Å²) in [6.07, 6.45) is 2.29. The van der Waals surface area contributed by atoms with Crippen molar-refractivity contribution in [2.75, 3.05) is 0 Å². The Hall–Kier alpha value is -1.15. The summed E-state index contributed by atoms with van der Waals surface area (Å²) in [7, 11) is 0. The van der Waals surface area contributed by atoms with Gasteiger partial charge in [0.2, 0.25) is 0 Å². The van der Waals surface area contributed by atoms with Crippen molar-refractivity contribution < 1.29 is 9.59 Å². The molecule has 0 aliphatic carbocycles. The lowest BCUT2D eigenvalue weighted by Crippen LogP contribution is -2.07. The van der Waals surface area contributed by atoms with Crippen LogP contribution in [0.5, 0.6) is 0 Å². The van der Waals surface area contributed by atoms with Crippen LogP contribution in [-0.4, -0.2) is 11.6 Å². The molecule has 0 saturated heterocycles. The molecular formula is C13H15ClO2. The van der Waals surface area contributed by atoms with Gasteiger partial charge in [0.05, 0.1) is 6.42 Å². The Bertz CT molecular complexity index is 385. The molecule has 0 atom stereocenters. The molecular weight excluding hydrogens is 224 g/mol. The second kappa shape index (κ2) is 6.44. The Labute approximate surface area is 101 Å². The maximum absolute atomic E-state index is 11.7. The third-order valence-electron chi connectivity index (χ3n) is 2.31. The molecule has 0 N–H and O–H groups in total. The van der Waals surface area contributed by atoms with Gasteiger partial charge in [0.15, 0.2) is 5.78 Å². The smallest absolute Gasteiger partial charge is 0.170 e. The molecule has 0 radical (unpaired) electrons. The minimum atomic E-state index is -0.149. The summed E-state index contributed by atoms with van der Waals surface area (Å²) in [5, 5.41) is 0.520. The first-order valence-electron chi connectivity index (χ1n) is 5.44. The molecule has 0 spiro atoms. The highest BCUT2D eigenvalue weighted by molar-refractivity contribution is 6.31. The summed E-state index contributed by atoms with van der Waals surface area (Å²) in [5.41, 5.74) is 0.511. The Morgan fingerprint density at radius 3 is 2.69 bits per heavy atom. The molecule has 1 aromatic rings. The zero-order valence-electron chi connectivity index (χ0n) is 9.33. The van der Waals surface area contributed by atoms with E-state index in [1.54, 1.807) is 24.3 Å². The van der Waals surface area contributed by atoms with E-state index in [2.05, 4.69) is 0 Å². The highest BCUT2D eigenvalue weighted by Crippen LogP contribution is 2.13. The third kappa shape index (κ3) is 4.15. The molecule has 2 nitrogen and oxygen atoms in total. The first kappa shape index (κ1) is 12.9. The van der Waals surface area contributed by atoms with Gasteiger partial charge in [-0.25, -0.2) is 0 Å². The average Bonchev–Trinajstić information content (AvgIpc) is 2.26. The van der Waals surface area contributed by atoms with Gasteiger partial charge in [0, 0.05) is 17.0 Å². The van der Waals surface area contributed by atoms with E-state index in [0.717, 1.165) is 12.8 Å². The number of halogens is 1. The van der Waals surface area contributed by atoms with E-state index in [1.807, 2.05) is 6.92 Å². The lowest BCUT2D eigenvalue weighted by molar-refractivity contribution is -0.118. The monoisotopic (exact) mass is 238 g/mol. The second-order valence-electron chi connectivity index (χ2n) is 3.75. The van der Waals surface area contributed by atoms with Gasteiger partial charge in [0.1, 0.15) is 5.78 Å². The van der Waals surface area contributed by atoms with Crippen LogP contribution in [0, 0.1) is 0 Å². The number of carbonyl (C=O) groups excluding carboxylic acids is 2. The average molecular weight is 239 g/mol. The Morgan fingerprint density at radius 1 is 1.31 bits per heavy atom. The number of hydrogen-bond donors (Lipinski definition) is 0. The lowest BCUT2D eigenvalue weighted by Gasteiger charge is -2.01. The molecule has 0 unspecified atom stereocenters. The minimum absolute atomic E-state index is 0.00632. The summed E-state index contributed by atoms with van der Waals surface area (Å²) in [5.74, 6) is -0.143. The van der Waals surface area contributed by atoms with Crippen LogP contribution in [-0.2, 0) is 4.79 Å². The molecule has 86 valence electrons. The first-order valence-corrected chi connectivity index (χ1v) is 5.81. The summed E-state index contributed by atoms with van der Waals surface area (Å²) >= 11 is 5.77. The highest BCUT2D eigenvalue weighted by Gasteiger charge is 2.11. The normalized spacial score (nSPS) is 10.1. The minimum Gasteiger partial charge on any atom is -0.299 e. The van der Waals surface area contributed by atoms with E-state index in [1.165, 1.54) is 0 Å². The molecule has 0 aromatic heterocycles. The Kier molecular flexibility index (Phi) is 5.20. The van der Waals surface area contributed by atoms with E-state index in [4.69, 9.17) is 11.6 Å². The fraction of sp³-hybridized carbons (Fsp3) is 0.385. The quantitative estimate of drug-likeness (QED) is 0.560. The van der Waals surface area contributed by atoms with E-state index < -0.39 is 0 Å². The second-order valence-corrected chi connectivity index (χ2v) is 4.19. The first-order chi connectivity index (χ1) is 7.63. The predicted molar refractivity (Wildman–Crippen MR) is 64.9 cm³/mol. The Balaban J connectivity index is 2.55. The van der Waals surface area contributed by atoms with Crippen LogP contribution in [0.4, 0.5) is 0 Å². The van der Waals surface area contributed by atoms with E-state index >= 15 is 0 Å². The topological polar surface area (TPSA) is 34.1 Å². The maximum Gasteiger partial charge on any atom is 0.170 e. The largest absolute Gasteiger partial charge is 0.299 e. The molecule has 1 rings (SSSR count). The summed E-state index contributed by atoms with van der Waals surface area (Å²) in [6, 6.07) is 6.70. The SMILES string of the molecule is CCCCC(=O)CC(=O)c1cccc(Cl)c1. The van der Waals surface area contributed by atoms with Crippen LogP contribution < -0.4 is 0 Å². The fourth-order valence-corrected chi connectivity index (χ4v) is 1.60. The van der Waals surface area contributed by atoms with Crippen molar-refractivity contribution in [3.05, 3.63) is 34.9 Å². The maximum atomic E-state index is 11.7. The van der Waals surface area contributed by atoms with Crippen LogP contribution in [0.3, 0.4) is 0 Å². The zero-order chi connectivity index (χ0) is 12.0. The third-order valence-corrected chi connectivity index (χ3v) is 2.55. The zero-order valence-corrected chi connectivity index (χ0v) is 10.1. The van der Waals surface area contributed by atoms with Crippen molar-refractivity contribution in [3.8, 4) is 0 Å². The van der Waals surface area contributed by atoms with Crippen molar-refractivity contribution in [1.82, 2.24) is 0 Å². The van der Waals surface area contributed by atoms with Gasteiger partial charge in [-0.3, -0.25) is 9.59 Å². The molecule has 0 bridgehead atoms. The number of unbranched alkanes of at least 4 members (excludes halogenated alkanes) is 1. The van der Waals surface area contributed by atoms with Crippen molar-refractivity contribution in [1.29, 1.82) is 0 Å². The van der Waals surface area contributed by atoms with E-state index in [9.17, 15) is 9.59 Å². The standard InChI is InChI=1S/C13H15ClO2/c1-2-3-7-12(15)9-13(16)10-5-4-6-11(14)8-10/h4-6,8H,2-3,7,9H2,1H3. The molecule has 3 heteroatoms. The van der Waals surface area contributed by atoms with Gasteiger partial charge in [0.25, 0.3) is 0 Å². The molecule has 16 heavy (non-hydrogen) atoms. The number of benzene rings is 1. The van der Waals surface area contributed by atoms with Crippen molar-refractivity contribution >= 4 is 23.2 Å². The van der Waals surface area contributed by atoms with Crippen molar-refractivity contribution in [2.24, 2.45) is 0 Å². The predicted octanol–water partition coefficient (Wildman–Crippen LogP) is 3.67. The van der Waals surface area contributed by atoms with Crippen molar-refractivity contribution in [2.45, 2.75) is 32.6 Å². The van der Waals surface area contributed by atoms with Gasteiger partial charge < -0.3 is 0 Å². The molecule has 0 saturated carbocycles. The van der Waals surface area contributed by atoms with Gasteiger partial charge in [-0.05, 0) is 18.6 Å². The molecule has 0 aliphatic rings.